The maximum atomic E-state index is 12.0. The molecule has 0 saturated carbocycles. The van der Waals surface area contributed by atoms with Gasteiger partial charge in [0.05, 0.1) is 0 Å². The Labute approximate surface area is 140 Å². The standard InChI is InChI=1S/C19H30N2O2/c1-14-11-17(20-18(22)23-19(3,4)5)13-21(15(14)2)12-16-9-7-6-8-10-16/h6-10,14-15,17H,11-13H2,1-5H3,(H,20,22)/t14-,15+,17+/m0/s1. The quantitative estimate of drug-likeness (QED) is 0.921. The first-order valence-corrected chi connectivity index (χ1v) is 8.52. The number of rotatable bonds is 3. The summed E-state index contributed by atoms with van der Waals surface area (Å²) < 4.78 is 5.39. The Balaban J connectivity index is 1.96. The number of piperidine rings is 1. The lowest BCUT2D eigenvalue weighted by Crippen LogP contribution is -2.54. The van der Waals surface area contributed by atoms with Crippen molar-refractivity contribution in [3.05, 3.63) is 35.9 Å². The average molecular weight is 318 g/mol. The van der Waals surface area contributed by atoms with E-state index in [2.05, 4.69) is 48.3 Å². The first-order chi connectivity index (χ1) is 10.7. The zero-order valence-electron chi connectivity index (χ0n) is 15.0. The Morgan fingerprint density at radius 3 is 2.52 bits per heavy atom. The number of hydrogen-bond donors (Lipinski definition) is 1. The van der Waals surface area contributed by atoms with Gasteiger partial charge >= 0.3 is 6.09 Å². The van der Waals surface area contributed by atoms with Crippen molar-refractivity contribution in [2.24, 2.45) is 5.92 Å². The highest BCUT2D eigenvalue weighted by Crippen LogP contribution is 2.25. The summed E-state index contributed by atoms with van der Waals surface area (Å²) in [7, 11) is 0. The van der Waals surface area contributed by atoms with Crippen LogP contribution in [0.4, 0.5) is 4.79 Å². The molecule has 1 aliphatic heterocycles. The predicted octanol–water partition coefficient (Wildman–Crippen LogP) is 3.81. The molecule has 0 spiro atoms. The van der Waals surface area contributed by atoms with Crippen molar-refractivity contribution in [2.45, 2.75) is 65.3 Å². The molecule has 0 unspecified atom stereocenters. The van der Waals surface area contributed by atoms with Crippen LogP contribution in [0.3, 0.4) is 0 Å². The van der Waals surface area contributed by atoms with E-state index in [-0.39, 0.29) is 12.1 Å². The maximum Gasteiger partial charge on any atom is 0.407 e. The molecule has 1 fully saturated rings. The molecule has 1 N–H and O–H groups in total. The molecule has 23 heavy (non-hydrogen) atoms. The number of carbonyl (C=O) groups is 1. The smallest absolute Gasteiger partial charge is 0.407 e. The van der Waals surface area contributed by atoms with E-state index in [1.165, 1.54) is 5.56 Å². The zero-order valence-corrected chi connectivity index (χ0v) is 15.0. The van der Waals surface area contributed by atoms with Gasteiger partial charge in [-0.05, 0) is 45.6 Å². The molecule has 0 aromatic heterocycles. The first kappa shape index (κ1) is 17.8. The summed E-state index contributed by atoms with van der Waals surface area (Å²) >= 11 is 0. The van der Waals surface area contributed by atoms with Gasteiger partial charge < -0.3 is 10.1 Å². The van der Waals surface area contributed by atoms with Crippen molar-refractivity contribution in [3.8, 4) is 0 Å². The summed E-state index contributed by atoms with van der Waals surface area (Å²) in [6.07, 6.45) is 0.676. The van der Waals surface area contributed by atoms with Crippen LogP contribution in [0.15, 0.2) is 30.3 Å². The number of hydrogen-bond acceptors (Lipinski definition) is 3. The molecule has 1 aromatic carbocycles. The number of nitrogens with zero attached hydrogens (tertiary/aromatic N) is 1. The van der Waals surface area contributed by atoms with Crippen molar-refractivity contribution in [3.63, 3.8) is 0 Å². The van der Waals surface area contributed by atoms with Crippen LogP contribution >= 0.6 is 0 Å². The van der Waals surface area contributed by atoms with Crippen LogP contribution < -0.4 is 5.32 Å². The summed E-state index contributed by atoms with van der Waals surface area (Å²) in [6.45, 7) is 12.0. The Bertz CT molecular complexity index is 510. The molecule has 128 valence electrons. The second kappa shape index (κ2) is 7.35. The van der Waals surface area contributed by atoms with Crippen LogP contribution in [0, 0.1) is 5.92 Å². The maximum absolute atomic E-state index is 12.0. The minimum atomic E-state index is -0.457. The fraction of sp³-hybridized carbons (Fsp3) is 0.632. The lowest BCUT2D eigenvalue weighted by atomic mass is 9.88. The minimum absolute atomic E-state index is 0.139. The summed E-state index contributed by atoms with van der Waals surface area (Å²) in [5, 5.41) is 3.04. The summed E-state index contributed by atoms with van der Waals surface area (Å²) in [5.41, 5.74) is 0.853. The van der Waals surface area contributed by atoms with E-state index in [1.807, 2.05) is 26.8 Å². The van der Waals surface area contributed by atoms with E-state index in [1.54, 1.807) is 0 Å². The van der Waals surface area contributed by atoms with Crippen LogP contribution in [-0.2, 0) is 11.3 Å². The van der Waals surface area contributed by atoms with Gasteiger partial charge in [-0.1, -0.05) is 37.3 Å². The molecule has 0 aliphatic carbocycles. The molecule has 1 saturated heterocycles. The first-order valence-electron chi connectivity index (χ1n) is 8.52. The molecule has 1 aromatic rings. The minimum Gasteiger partial charge on any atom is -0.444 e. The number of amides is 1. The second-order valence-corrected chi connectivity index (χ2v) is 7.71. The van der Waals surface area contributed by atoms with Crippen molar-refractivity contribution in [1.82, 2.24) is 10.2 Å². The Morgan fingerprint density at radius 2 is 1.91 bits per heavy atom. The third kappa shape index (κ3) is 5.54. The van der Waals surface area contributed by atoms with Crippen LogP contribution in [0.2, 0.25) is 0 Å². The van der Waals surface area contributed by atoms with Gasteiger partial charge in [0, 0.05) is 25.2 Å². The molecule has 0 radical (unpaired) electrons. The Hall–Kier alpha value is -1.55. The SMILES string of the molecule is C[C@@H]1[C@@H](C)C[C@@H](NC(=O)OC(C)(C)C)CN1Cc1ccccc1. The molecule has 2 rings (SSSR count). The van der Waals surface area contributed by atoms with Crippen molar-refractivity contribution < 1.29 is 9.53 Å². The van der Waals surface area contributed by atoms with E-state index >= 15 is 0 Å². The van der Waals surface area contributed by atoms with E-state index < -0.39 is 5.60 Å². The molecule has 3 atom stereocenters. The van der Waals surface area contributed by atoms with Crippen molar-refractivity contribution in [1.29, 1.82) is 0 Å². The fourth-order valence-corrected chi connectivity index (χ4v) is 3.13. The van der Waals surface area contributed by atoms with Crippen LogP contribution in [-0.4, -0.2) is 35.2 Å². The van der Waals surface area contributed by atoms with Crippen LogP contribution in [0.5, 0.6) is 0 Å². The van der Waals surface area contributed by atoms with E-state index in [4.69, 9.17) is 4.74 Å². The highest BCUT2D eigenvalue weighted by Gasteiger charge is 2.32. The second-order valence-electron chi connectivity index (χ2n) is 7.71. The molecule has 1 amide bonds. The van der Waals surface area contributed by atoms with Gasteiger partial charge in [-0.2, -0.15) is 0 Å². The van der Waals surface area contributed by atoms with Gasteiger partial charge in [0.1, 0.15) is 5.60 Å². The molecule has 4 heteroatoms. The van der Waals surface area contributed by atoms with Gasteiger partial charge in [-0.25, -0.2) is 4.79 Å². The average Bonchev–Trinajstić information content (AvgIpc) is 2.43. The fourth-order valence-electron chi connectivity index (χ4n) is 3.13. The number of carbonyl (C=O) groups excluding carboxylic acids is 1. The molecule has 1 heterocycles. The number of alkyl carbamates (subject to hydrolysis) is 1. The topological polar surface area (TPSA) is 41.6 Å². The van der Waals surface area contributed by atoms with Gasteiger partial charge in [-0.3, -0.25) is 4.90 Å². The van der Waals surface area contributed by atoms with Gasteiger partial charge in [0.15, 0.2) is 0 Å². The number of benzene rings is 1. The van der Waals surface area contributed by atoms with Crippen LogP contribution in [0.25, 0.3) is 0 Å². The summed E-state index contributed by atoms with van der Waals surface area (Å²) in [6, 6.07) is 11.1. The lowest BCUT2D eigenvalue weighted by molar-refractivity contribution is 0.0383. The molecule has 1 aliphatic rings. The zero-order chi connectivity index (χ0) is 17.0. The van der Waals surface area contributed by atoms with E-state index in [0.717, 1.165) is 19.5 Å². The van der Waals surface area contributed by atoms with Gasteiger partial charge in [-0.15, -0.1) is 0 Å². The Morgan fingerprint density at radius 1 is 1.26 bits per heavy atom. The van der Waals surface area contributed by atoms with E-state index in [0.29, 0.717) is 12.0 Å². The molecular formula is C19H30N2O2. The highest BCUT2D eigenvalue weighted by atomic mass is 16.6. The lowest BCUT2D eigenvalue weighted by Gasteiger charge is -2.42. The number of ether oxygens (including phenoxy) is 1. The van der Waals surface area contributed by atoms with Crippen molar-refractivity contribution >= 4 is 6.09 Å². The third-order valence-electron chi connectivity index (χ3n) is 4.46. The molecular weight excluding hydrogens is 288 g/mol. The van der Waals surface area contributed by atoms with Gasteiger partial charge in [0.2, 0.25) is 0 Å². The monoisotopic (exact) mass is 318 g/mol. The highest BCUT2D eigenvalue weighted by molar-refractivity contribution is 5.68. The third-order valence-corrected chi connectivity index (χ3v) is 4.46. The summed E-state index contributed by atoms with van der Waals surface area (Å²) in [5.74, 6) is 0.535. The molecule has 0 bridgehead atoms. The largest absolute Gasteiger partial charge is 0.444 e. The Kier molecular flexibility index (Phi) is 5.69. The normalized spacial score (nSPS) is 25.9. The van der Waals surface area contributed by atoms with E-state index in [9.17, 15) is 4.79 Å². The van der Waals surface area contributed by atoms with Gasteiger partial charge in [0.25, 0.3) is 0 Å². The number of nitrogens with one attached hydrogen (secondary N) is 1. The van der Waals surface area contributed by atoms with Crippen molar-refractivity contribution in [2.75, 3.05) is 6.54 Å². The van der Waals surface area contributed by atoms with Crippen LogP contribution in [0.1, 0.15) is 46.6 Å². The molecule has 4 nitrogen and oxygen atoms in total. The predicted molar refractivity (Wildman–Crippen MR) is 93.3 cm³/mol. The summed E-state index contributed by atoms with van der Waals surface area (Å²) in [4.78, 5) is 14.5. The number of likely N-dealkylation sites (tertiary alicyclic amines) is 1.